The molecule has 17 heavy (non-hydrogen) atoms. The third-order valence-corrected chi connectivity index (χ3v) is 7.73. The molecule has 0 aromatic rings. The van der Waals surface area contributed by atoms with Gasteiger partial charge in [0.2, 0.25) is 0 Å². The monoisotopic (exact) mass is 252 g/mol. The minimum absolute atomic E-state index is 0.0258. The van der Waals surface area contributed by atoms with E-state index in [0.717, 1.165) is 25.0 Å². The van der Waals surface area contributed by atoms with Crippen molar-refractivity contribution in [2.24, 2.45) is 11.3 Å². The zero-order valence-electron chi connectivity index (χ0n) is 10.6. The van der Waals surface area contributed by atoms with Gasteiger partial charge in [-0.1, -0.05) is 11.6 Å². The maximum atomic E-state index is 12.3. The fraction of sp³-hybridized carbons (Fsp3) is 0.857. The van der Waals surface area contributed by atoms with Gasteiger partial charge in [-0.05, 0) is 46.0 Å². The molecule has 0 radical (unpaired) electrons. The van der Waals surface area contributed by atoms with E-state index in [0.29, 0.717) is 5.92 Å². The van der Waals surface area contributed by atoms with Crippen LogP contribution in [0.3, 0.4) is 0 Å². The van der Waals surface area contributed by atoms with Crippen LogP contribution in [-0.4, -0.2) is 20.5 Å². The summed E-state index contributed by atoms with van der Waals surface area (Å²) in [6, 6.07) is 0. The highest BCUT2D eigenvalue weighted by molar-refractivity contribution is 7.86. The van der Waals surface area contributed by atoms with Crippen LogP contribution in [0.2, 0.25) is 0 Å². The number of rotatable bonds is 0. The first-order chi connectivity index (χ1) is 8.02. The van der Waals surface area contributed by atoms with Gasteiger partial charge in [0.1, 0.15) is 4.93 Å². The lowest BCUT2D eigenvalue weighted by Crippen LogP contribution is -2.44. The molecule has 4 rings (SSSR count). The average molecular weight is 252 g/mol. The summed E-state index contributed by atoms with van der Waals surface area (Å²) in [4.78, 5) is -0.358. The van der Waals surface area contributed by atoms with Crippen molar-refractivity contribution in [1.29, 1.82) is 0 Å². The van der Waals surface area contributed by atoms with Crippen molar-refractivity contribution in [1.82, 2.24) is 0 Å². The quantitative estimate of drug-likeness (QED) is 0.620. The lowest BCUT2D eigenvalue weighted by molar-refractivity contribution is -0.106. The summed E-state index contributed by atoms with van der Waals surface area (Å²) in [7, 11) is -0.803. The van der Waals surface area contributed by atoms with Gasteiger partial charge < -0.3 is 4.74 Å². The van der Waals surface area contributed by atoms with E-state index in [1.807, 2.05) is 0 Å². The summed E-state index contributed by atoms with van der Waals surface area (Å²) in [5.74, 6) is 1.44. The van der Waals surface area contributed by atoms with Crippen LogP contribution >= 0.6 is 0 Å². The smallest absolute Gasteiger partial charge is 0.140 e. The summed E-state index contributed by atoms with van der Waals surface area (Å²) in [6.07, 6.45) is 8.19. The zero-order chi connectivity index (χ0) is 11.9. The molecular formula is C14H20O2S. The van der Waals surface area contributed by atoms with Crippen LogP contribution in [-0.2, 0) is 15.5 Å². The van der Waals surface area contributed by atoms with Crippen molar-refractivity contribution in [3.05, 3.63) is 11.6 Å². The van der Waals surface area contributed by atoms with Gasteiger partial charge in [0.25, 0.3) is 0 Å². The van der Waals surface area contributed by atoms with Crippen molar-refractivity contribution < 1.29 is 8.95 Å². The van der Waals surface area contributed by atoms with Gasteiger partial charge in [0.05, 0.1) is 16.4 Å². The molecule has 94 valence electrons. The van der Waals surface area contributed by atoms with Crippen molar-refractivity contribution in [2.75, 3.05) is 5.75 Å². The summed E-state index contributed by atoms with van der Waals surface area (Å²) in [5, 5.41) is 0. The molecule has 3 heteroatoms. The van der Waals surface area contributed by atoms with Crippen LogP contribution in [0.15, 0.2) is 11.6 Å². The molecule has 5 atom stereocenters. The number of hydrogen-bond acceptors (Lipinski definition) is 2. The predicted octanol–water partition coefficient (Wildman–Crippen LogP) is 2.76. The molecule has 2 nitrogen and oxygen atoms in total. The van der Waals surface area contributed by atoms with E-state index in [4.69, 9.17) is 4.74 Å². The molecule has 2 aliphatic heterocycles. The van der Waals surface area contributed by atoms with E-state index in [9.17, 15) is 4.21 Å². The lowest BCUT2D eigenvalue weighted by atomic mass is 9.72. The minimum atomic E-state index is -0.803. The van der Waals surface area contributed by atoms with E-state index in [2.05, 4.69) is 19.9 Å². The molecule has 4 aliphatic rings. The van der Waals surface area contributed by atoms with Crippen molar-refractivity contribution >= 4 is 10.8 Å². The Balaban J connectivity index is 1.90. The summed E-state index contributed by atoms with van der Waals surface area (Å²) in [5.41, 5.74) is 1.79. The van der Waals surface area contributed by atoms with E-state index in [-0.39, 0.29) is 15.9 Å². The summed E-state index contributed by atoms with van der Waals surface area (Å²) >= 11 is 0. The van der Waals surface area contributed by atoms with Gasteiger partial charge in [-0.25, -0.2) is 0 Å². The van der Waals surface area contributed by atoms with Gasteiger partial charge in [-0.2, -0.15) is 0 Å². The van der Waals surface area contributed by atoms with Crippen LogP contribution in [0.25, 0.3) is 0 Å². The van der Waals surface area contributed by atoms with Gasteiger partial charge in [-0.15, -0.1) is 0 Å². The van der Waals surface area contributed by atoms with E-state index in [1.165, 1.54) is 18.4 Å². The van der Waals surface area contributed by atoms with Crippen LogP contribution in [0, 0.1) is 11.3 Å². The van der Waals surface area contributed by atoms with Crippen LogP contribution in [0.5, 0.6) is 0 Å². The molecule has 2 saturated heterocycles. The SMILES string of the molecule is CC1=C[C@@]23CC[C@@H]1[C@]21CC[C@](C)(O1)S(=O)CC3. The molecule has 0 aromatic heterocycles. The highest BCUT2D eigenvalue weighted by Gasteiger charge is 2.70. The van der Waals surface area contributed by atoms with Crippen molar-refractivity contribution in [3.63, 3.8) is 0 Å². The van der Waals surface area contributed by atoms with Crippen LogP contribution in [0.4, 0.5) is 0 Å². The molecule has 0 N–H and O–H groups in total. The first kappa shape index (κ1) is 10.7. The number of ether oxygens (including phenoxy) is 1. The number of fused-ring (bicyclic) bond motifs is 1. The Bertz CT molecular complexity index is 457. The van der Waals surface area contributed by atoms with Crippen LogP contribution < -0.4 is 0 Å². The molecule has 0 aromatic carbocycles. The Hall–Kier alpha value is -0.150. The largest absolute Gasteiger partial charge is 0.354 e. The minimum Gasteiger partial charge on any atom is -0.354 e. The molecule has 0 amide bonds. The molecular weight excluding hydrogens is 232 g/mol. The van der Waals surface area contributed by atoms with E-state index >= 15 is 0 Å². The Morgan fingerprint density at radius 2 is 2.18 bits per heavy atom. The second-order valence-electron chi connectivity index (χ2n) is 6.56. The van der Waals surface area contributed by atoms with Crippen molar-refractivity contribution in [2.45, 2.75) is 56.5 Å². The third kappa shape index (κ3) is 1.01. The highest BCUT2D eigenvalue weighted by Crippen LogP contribution is 2.69. The molecule has 1 unspecified atom stereocenters. The average Bonchev–Trinajstić information content (AvgIpc) is 2.84. The van der Waals surface area contributed by atoms with Gasteiger partial charge in [0, 0.05) is 17.1 Å². The maximum Gasteiger partial charge on any atom is 0.140 e. The predicted molar refractivity (Wildman–Crippen MR) is 68.0 cm³/mol. The second-order valence-corrected chi connectivity index (χ2v) is 8.52. The maximum absolute atomic E-state index is 12.3. The fourth-order valence-corrected chi connectivity index (χ4v) is 6.63. The normalized spacial score (nSPS) is 60.0. The van der Waals surface area contributed by atoms with Gasteiger partial charge in [-0.3, -0.25) is 4.21 Å². The molecule has 1 spiro atoms. The Kier molecular flexibility index (Phi) is 1.82. The third-order valence-electron chi connectivity index (χ3n) is 5.90. The Morgan fingerprint density at radius 3 is 2.94 bits per heavy atom. The topological polar surface area (TPSA) is 26.3 Å². The Labute approximate surface area is 105 Å². The first-order valence-electron chi connectivity index (χ1n) is 6.79. The Morgan fingerprint density at radius 1 is 1.35 bits per heavy atom. The zero-order valence-corrected chi connectivity index (χ0v) is 11.4. The summed E-state index contributed by atoms with van der Waals surface area (Å²) in [6.45, 7) is 4.34. The highest BCUT2D eigenvalue weighted by atomic mass is 32.2. The fourth-order valence-electron chi connectivity index (χ4n) is 5.08. The standard InChI is InChI=1S/C14H20O2S/c1-10-9-13-4-3-11(10)14(13)6-5-12(2,16-14)17(15)8-7-13/h9,11H,3-8H2,1-2H3/t11-,12+,13-,14+,17?/m0/s1. The number of hydrogen-bond donors (Lipinski definition) is 0. The van der Waals surface area contributed by atoms with Gasteiger partial charge >= 0.3 is 0 Å². The molecule has 2 heterocycles. The molecule has 1 saturated carbocycles. The first-order valence-corrected chi connectivity index (χ1v) is 8.11. The molecule has 4 bridgehead atoms. The van der Waals surface area contributed by atoms with E-state index in [1.54, 1.807) is 0 Å². The van der Waals surface area contributed by atoms with E-state index < -0.39 is 10.8 Å². The second kappa shape index (κ2) is 2.88. The summed E-state index contributed by atoms with van der Waals surface area (Å²) < 4.78 is 18.9. The molecule has 2 aliphatic carbocycles. The van der Waals surface area contributed by atoms with Crippen LogP contribution in [0.1, 0.15) is 46.0 Å². The van der Waals surface area contributed by atoms with Gasteiger partial charge in [0.15, 0.2) is 0 Å². The molecule has 3 fully saturated rings. The van der Waals surface area contributed by atoms with Crippen molar-refractivity contribution in [3.8, 4) is 0 Å². The lowest BCUT2D eigenvalue weighted by Gasteiger charge is -2.39.